The number of rotatable bonds is 7. The molecule has 9 nitrogen and oxygen atoms in total. The van der Waals surface area contributed by atoms with Crippen molar-refractivity contribution in [3.8, 4) is 0 Å². The molecular formula is C16H23N3O6S. The van der Waals surface area contributed by atoms with Crippen LogP contribution in [0.15, 0.2) is 29.2 Å². The molecule has 0 aliphatic heterocycles. The average molecular weight is 385 g/mol. The van der Waals surface area contributed by atoms with Gasteiger partial charge in [-0.15, -0.1) is 0 Å². The van der Waals surface area contributed by atoms with E-state index >= 15 is 0 Å². The smallest absolute Gasteiger partial charge is 0.338 e. The number of ether oxygens (including phenoxy) is 1. The predicted molar refractivity (Wildman–Crippen MR) is 94.0 cm³/mol. The lowest BCUT2D eigenvalue weighted by atomic mass is 10.2. The maximum atomic E-state index is 12.2. The average Bonchev–Trinajstić information content (AvgIpc) is 2.60. The molecule has 3 amide bonds. The van der Waals surface area contributed by atoms with Gasteiger partial charge in [0.2, 0.25) is 10.0 Å². The SMILES string of the molecule is CC[C@@H](C)NS(=O)(=O)c1ccc(C(=O)O[C@H](C)C(=O)NC(=O)NC)cc1. The first-order valence-corrected chi connectivity index (χ1v) is 9.45. The number of urea groups is 1. The molecule has 0 radical (unpaired) electrons. The van der Waals surface area contributed by atoms with E-state index in [9.17, 15) is 22.8 Å². The number of hydrogen-bond donors (Lipinski definition) is 3. The van der Waals surface area contributed by atoms with Crippen LogP contribution in [0, 0.1) is 0 Å². The summed E-state index contributed by atoms with van der Waals surface area (Å²) in [5.41, 5.74) is 0.0760. The third-order valence-corrected chi connectivity index (χ3v) is 5.09. The maximum absolute atomic E-state index is 12.2. The van der Waals surface area contributed by atoms with Gasteiger partial charge in [-0.3, -0.25) is 10.1 Å². The molecule has 0 aromatic heterocycles. The van der Waals surface area contributed by atoms with Gasteiger partial charge >= 0.3 is 12.0 Å². The standard InChI is InChI=1S/C16H23N3O6S/c1-5-10(2)19-26(23,24)13-8-6-12(7-9-13)15(21)25-11(3)14(20)18-16(22)17-4/h6-11,19H,5H2,1-4H3,(H2,17,18,20,22)/t10-,11-/m1/s1. The van der Waals surface area contributed by atoms with Crippen molar-refractivity contribution in [1.82, 2.24) is 15.4 Å². The second-order valence-corrected chi connectivity index (χ2v) is 7.28. The summed E-state index contributed by atoms with van der Waals surface area (Å²) in [4.78, 5) is 34.8. The second-order valence-electron chi connectivity index (χ2n) is 5.57. The van der Waals surface area contributed by atoms with E-state index in [0.29, 0.717) is 6.42 Å². The van der Waals surface area contributed by atoms with Gasteiger partial charge in [0.05, 0.1) is 10.5 Å². The van der Waals surface area contributed by atoms with E-state index in [1.54, 1.807) is 6.92 Å². The van der Waals surface area contributed by atoms with E-state index in [1.165, 1.54) is 38.2 Å². The van der Waals surface area contributed by atoms with E-state index in [1.807, 2.05) is 12.2 Å². The van der Waals surface area contributed by atoms with Crippen molar-refractivity contribution in [2.45, 2.75) is 44.2 Å². The van der Waals surface area contributed by atoms with Gasteiger partial charge in [-0.25, -0.2) is 22.7 Å². The Morgan fingerprint density at radius 3 is 2.19 bits per heavy atom. The fourth-order valence-corrected chi connectivity index (χ4v) is 3.07. The highest BCUT2D eigenvalue weighted by molar-refractivity contribution is 7.89. The fourth-order valence-electron chi connectivity index (χ4n) is 1.74. The van der Waals surface area contributed by atoms with Crippen molar-refractivity contribution in [1.29, 1.82) is 0 Å². The summed E-state index contributed by atoms with van der Waals surface area (Å²) >= 11 is 0. The molecule has 26 heavy (non-hydrogen) atoms. The summed E-state index contributed by atoms with van der Waals surface area (Å²) in [6, 6.07) is 4.19. The number of imide groups is 1. The zero-order valence-electron chi connectivity index (χ0n) is 15.0. The third-order valence-electron chi connectivity index (χ3n) is 3.49. The Morgan fingerprint density at radius 1 is 1.12 bits per heavy atom. The monoisotopic (exact) mass is 385 g/mol. The molecule has 0 heterocycles. The molecule has 2 atom stereocenters. The maximum Gasteiger partial charge on any atom is 0.338 e. The molecule has 0 bridgehead atoms. The number of benzene rings is 1. The molecule has 1 rings (SSSR count). The predicted octanol–water partition coefficient (Wildman–Crippen LogP) is 0.764. The molecule has 0 spiro atoms. The first-order valence-electron chi connectivity index (χ1n) is 7.96. The Bertz CT molecular complexity index is 761. The Labute approximate surface area is 152 Å². The van der Waals surface area contributed by atoms with Gasteiger partial charge in [0.1, 0.15) is 0 Å². The lowest BCUT2D eigenvalue weighted by molar-refractivity contribution is -0.127. The molecular weight excluding hydrogens is 362 g/mol. The zero-order chi connectivity index (χ0) is 19.9. The summed E-state index contributed by atoms with van der Waals surface area (Å²) in [6.07, 6.45) is -0.560. The van der Waals surface area contributed by atoms with Gasteiger partial charge in [0, 0.05) is 13.1 Å². The fraction of sp³-hybridized carbons (Fsp3) is 0.438. The number of carbonyl (C=O) groups is 3. The summed E-state index contributed by atoms with van der Waals surface area (Å²) in [6.45, 7) is 4.91. The van der Waals surface area contributed by atoms with Crippen LogP contribution in [0.3, 0.4) is 0 Å². The first kappa shape index (κ1) is 21.6. The summed E-state index contributed by atoms with van der Waals surface area (Å²) in [7, 11) is -2.34. The Kier molecular flexibility index (Phi) is 7.72. The molecule has 0 unspecified atom stereocenters. The first-order chi connectivity index (χ1) is 12.1. The lowest BCUT2D eigenvalue weighted by Gasteiger charge is -2.14. The van der Waals surface area contributed by atoms with Crippen LogP contribution in [0.5, 0.6) is 0 Å². The largest absolute Gasteiger partial charge is 0.449 e. The molecule has 0 fully saturated rings. The normalized spacial score (nSPS) is 13.4. The van der Waals surface area contributed by atoms with Crippen LogP contribution in [0.1, 0.15) is 37.6 Å². The van der Waals surface area contributed by atoms with Crippen molar-refractivity contribution in [3.05, 3.63) is 29.8 Å². The van der Waals surface area contributed by atoms with Gasteiger partial charge in [-0.05, 0) is 44.5 Å². The summed E-state index contributed by atoms with van der Waals surface area (Å²) in [5, 5.41) is 4.18. The van der Waals surface area contributed by atoms with Gasteiger partial charge in [0.15, 0.2) is 6.10 Å². The van der Waals surface area contributed by atoms with Crippen molar-refractivity contribution >= 4 is 27.9 Å². The number of hydrogen-bond acceptors (Lipinski definition) is 6. The number of nitrogens with one attached hydrogen (secondary N) is 3. The number of amides is 3. The Balaban J connectivity index is 2.77. The van der Waals surface area contributed by atoms with Gasteiger partial charge in [-0.2, -0.15) is 0 Å². The molecule has 1 aromatic rings. The zero-order valence-corrected chi connectivity index (χ0v) is 15.8. The molecule has 10 heteroatoms. The van der Waals surface area contributed by atoms with E-state index in [0.717, 1.165) is 0 Å². The summed E-state index contributed by atoms with van der Waals surface area (Å²) < 4.78 is 31.8. The van der Waals surface area contributed by atoms with Crippen LogP contribution < -0.4 is 15.4 Å². The highest BCUT2D eigenvalue weighted by Gasteiger charge is 2.21. The Hall–Kier alpha value is -2.46. The van der Waals surface area contributed by atoms with Crippen molar-refractivity contribution in [3.63, 3.8) is 0 Å². The van der Waals surface area contributed by atoms with E-state index in [4.69, 9.17) is 4.74 Å². The highest BCUT2D eigenvalue weighted by Crippen LogP contribution is 2.13. The van der Waals surface area contributed by atoms with Crippen LogP contribution in [0.2, 0.25) is 0 Å². The Morgan fingerprint density at radius 2 is 1.69 bits per heavy atom. The highest BCUT2D eigenvalue weighted by atomic mass is 32.2. The van der Waals surface area contributed by atoms with Gasteiger partial charge in [-0.1, -0.05) is 6.92 Å². The van der Waals surface area contributed by atoms with Gasteiger partial charge in [0.25, 0.3) is 5.91 Å². The topological polar surface area (TPSA) is 131 Å². The lowest BCUT2D eigenvalue weighted by Crippen LogP contribution is -2.43. The van der Waals surface area contributed by atoms with Crippen LogP contribution in [-0.2, 0) is 19.6 Å². The quantitative estimate of drug-likeness (QED) is 0.594. The number of sulfonamides is 1. The second kappa shape index (κ2) is 9.30. The van der Waals surface area contributed by atoms with Crippen molar-refractivity contribution in [2.75, 3.05) is 7.05 Å². The number of esters is 1. The van der Waals surface area contributed by atoms with Crippen molar-refractivity contribution in [2.24, 2.45) is 0 Å². The minimum Gasteiger partial charge on any atom is -0.449 e. The van der Waals surface area contributed by atoms with Gasteiger partial charge < -0.3 is 10.1 Å². The minimum absolute atomic E-state index is 0.0137. The van der Waals surface area contributed by atoms with Crippen LogP contribution in [0.25, 0.3) is 0 Å². The molecule has 0 aliphatic rings. The molecule has 0 saturated heterocycles. The van der Waals surface area contributed by atoms with E-state index in [-0.39, 0.29) is 16.5 Å². The summed E-state index contributed by atoms with van der Waals surface area (Å²) in [5.74, 6) is -1.60. The molecule has 0 saturated carbocycles. The molecule has 3 N–H and O–H groups in total. The minimum atomic E-state index is -3.68. The number of carbonyl (C=O) groups excluding carboxylic acids is 3. The van der Waals surface area contributed by atoms with Crippen molar-refractivity contribution < 1.29 is 27.5 Å². The third kappa shape index (κ3) is 6.12. The van der Waals surface area contributed by atoms with Crippen LogP contribution >= 0.6 is 0 Å². The molecule has 0 aliphatic carbocycles. The van der Waals surface area contributed by atoms with E-state index in [2.05, 4.69) is 10.0 Å². The van der Waals surface area contributed by atoms with E-state index < -0.39 is 34.0 Å². The molecule has 1 aromatic carbocycles. The molecule has 144 valence electrons. The van der Waals surface area contributed by atoms with Crippen LogP contribution in [0.4, 0.5) is 4.79 Å². The van der Waals surface area contributed by atoms with Crippen LogP contribution in [-0.4, -0.2) is 45.5 Å².